The van der Waals surface area contributed by atoms with Crippen LogP contribution in [0.4, 0.5) is 0 Å². The van der Waals surface area contributed by atoms with Crippen molar-refractivity contribution in [3.05, 3.63) is 23.9 Å². The zero-order chi connectivity index (χ0) is 12.9. The van der Waals surface area contributed by atoms with E-state index in [9.17, 15) is 8.42 Å². The number of rotatable bonds is 5. The van der Waals surface area contributed by atoms with Crippen LogP contribution in [0.5, 0.6) is 0 Å². The molecule has 0 atom stereocenters. The van der Waals surface area contributed by atoms with Crippen molar-refractivity contribution in [3.8, 4) is 0 Å². The smallest absolute Gasteiger partial charge is 0.172 e. The Morgan fingerprint density at radius 2 is 2.35 bits per heavy atom. The van der Waals surface area contributed by atoms with Gasteiger partial charge in [-0.1, -0.05) is 5.16 Å². The van der Waals surface area contributed by atoms with Crippen LogP contribution in [0.1, 0.15) is 5.56 Å². The van der Waals surface area contributed by atoms with E-state index >= 15 is 0 Å². The van der Waals surface area contributed by atoms with Gasteiger partial charge < -0.3 is 10.9 Å². The highest BCUT2D eigenvalue weighted by molar-refractivity contribution is 8.00. The van der Waals surface area contributed by atoms with Crippen LogP contribution in [0.2, 0.25) is 0 Å². The predicted octanol–water partition coefficient (Wildman–Crippen LogP) is 0.313. The van der Waals surface area contributed by atoms with E-state index in [1.54, 1.807) is 18.3 Å². The van der Waals surface area contributed by atoms with Crippen molar-refractivity contribution in [2.75, 3.05) is 17.8 Å². The van der Waals surface area contributed by atoms with E-state index in [1.807, 2.05) is 0 Å². The third-order valence-corrected chi connectivity index (χ3v) is 4.06. The normalized spacial score (nSPS) is 12.6. The maximum Gasteiger partial charge on any atom is 0.172 e. The molecule has 3 N–H and O–H groups in total. The fourth-order valence-corrected chi connectivity index (χ4v) is 3.25. The van der Waals surface area contributed by atoms with Crippen LogP contribution in [-0.4, -0.2) is 42.2 Å². The molecule has 6 nitrogen and oxygen atoms in total. The van der Waals surface area contributed by atoms with E-state index < -0.39 is 9.84 Å². The number of nitrogens with zero attached hydrogens (tertiary/aromatic N) is 2. The van der Waals surface area contributed by atoms with Gasteiger partial charge in [-0.3, -0.25) is 0 Å². The standard InChI is InChI=1S/C9H13N3O3S2/c1-17(14,15)6-5-16-9-7(8(10)12-13)3-2-4-11-9/h2-4,13H,5-6H2,1H3,(H2,10,12). The highest BCUT2D eigenvalue weighted by atomic mass is 32.2. The van der Waals surface area contributed by atoms with E-state index in [0.29, 0.717) is 16.3 Å². The molecule has 0 fully saturated rings. The number of oxime groups is 1. The number of pyridine rings is 1. The Kier molecular flexibility index (Phi) is 4.76. The highest BCUT2D eigenvalue weighted by Crippen LogP contribution is 2.19. The van der Waals surface area contributed by atoms with Gasteiger partial charge in [0, 0.05) is 18.2 Å². The topological polar surface area (TPSA) is 106 Å². The van der Waals surface area contributed by atoms with Crippen molar-refractivity contribution in [1.29, 1.82) is 0 Å². The summed E-state index contributed by atoms with van der Waals surface area (Å²) in [7, 11) is -2.99. The maximum atomic E-state index is 11.0. The minimum atomic E-state index is -2.99. The third-order valence-electron chi connectivity index (χ3n) is 1.85. The van der Waals surface area contributed by atoms with Crippen LogP contribution < -0.4 is 5.73 Å². The van der Waals surface area contributed by atoms with Gasteiger partial charge >= 0.3 is 0 Å². The summed E-state index contributed by atoms with van der Waals surface area (Å²) in [5.41, 5.74) is 5.98. The van der Waals surface area contributed by atoms with Gasteiger partial charge in [0.15, 0.2) is 5.84 Å². The van der Waals surface area contributed by atoms with E-state index in [1.165, 1.54) is 18.0 Å². The second kappa shape index (κ2) is 5.87. The lowest BCUT2D eigenvalue weighted by atomic mass is 10.3. The fourth-order valence-electron chi connectivity index (χ4n) is 1.04. The maximum absolute atomic E-state index is 11.0. The van der Waals surface area contributed by atoms with Crippen molar-refractivity contribution < 1.29 is 13.6 Å². The monoisotopic (exact) mass is 275 g/mol. The van der Waals surface area contributed by atoms with Gasteiger partial charge in [0.1, 0.15) is 14.9 Å². The number of amidine groups is 1. The molecular weight excluding hydrogens is 262 g/mol. The minimum Gasteiger partial charge on any atom is -0.409 e. The quantitative estimate of drug-likeness (QED) is 0.263. The molecule has 0 saturated carbocycles. The molecule has 0 aliphatic carbocycles. The van der Waals surface area contributed by atoms with Crippen molar-refractivity contribution in [2.24, 2.45) is 10.9 Å². The lowest BCUT2D eigenvalue weighted by Crippen LogP contribution is -2.15. The first-order valence-corrected chi connectivity index (χ1v) is 7.72. The molecular formula is C9H13N3O3S2. The number of thioether (sulfide) groups is 1. The summed E-state index contributed by atoms with van der Waals surface area (Å²) in [5, 5.41) is 12.0. The first-order valence-electron chi connectivity index (χ1n) is 4.67. The summed E-state index contributed by atoms with van der Waals surface area (Å²) in [6.07, 6.45) is 2.74. The Hall–Kier alpha value is -1.28. The Balaban J connectivity index is 2.78. The Morgan fingerprint density at radius 1 is 1.65 bits per heavy atom. The lowest BCUT2D eigenvalue weighted by molar-refractivity contribution is 0.318. The third kappa shape index (κ3) is 4.61. The Morgan fingerprint density at radius 3 is 2.94 bits per heavy atom. The first-order chi connectivity index (χ1) is 7.94. The van der Waals surface area contributed by atoms with E-state index in [0.717, 1.165) is 0 Å². The summed E-state index contributed by atoms with van der Waals surface area (Å²) in [5.74, 6) is 0.394. The number of nitrogens with two attached hydrogens (primary N) is 1. The summed E-state index contributed by atoms with van der Waals surface area (Å²) in [6.45, 7) is 0. The summed E-state index contributed by atoms with van der Waals surface area (Å²) in [4.78, 5) is 4.06. The van der Waals surface area contributed by atoms with E-state index in [-0.39, 0.29) is 11.6 Å². The molecule has 0 bridgehead atoms. The Bertz CT molecular complexity index is 514. The number of aromatic nitrogens is 1. The van der Waals surface area contributed by atoms with E-state index in [2.05, 4.69) is 10.1 Å². The molecule has 1 heterocycles. The number of hydrogen-bond acceptors (Lipinski definition) is 6. The van der Waals surface area contributed by atoms with Gasteiger partial charge in [-0.15, -0.1) is 11.8 Å². The number of sulfone groups is 1. The van der Waals surface area contributed by atoms with Crippen molar-refractivity contribution in [2.45, 2.75) is 5.03 Å². The van der Waals surface area contributed by atoms with Crippen LogP contribution >= 0.6 is 11.8 Å². The average molecular weight is 275 g/mol. The van der Waals surface area contributed by atoms with Gasteiger partial charge in [-0.2, -0.15) is 0 Å². The SMILES string of the molecule is CS(=O)(=O)CCSc1ncccc1C(N)=NO. The molecule has 0 aromatic carbocycles. The minimum absolute atomic E-state index is 0.0417. The first kappa shape index (κ1) is 13.8. The van der Waals surface area contributed by atoms with Gasteiger partial charge in [-0.25, -0.2) is 13.4 Å². The van der Waals surface area contributed by atoms with Crippen molar-refractivity contribution in [1.82, 2.24) is 4.98 Å². The molecule has 1 rings (SSSR count). The molecule has 1 aromatic rings. The van der Waals surface area contributed by atoms with Crippen LogP contribution in [0, 0.1) is 0 Å². The fraction of sp³-hybridized carbons (Fsp3) is 0.333. The Labute approximate surface area is 104 Å². The molecule has 0 radical (unpaired) electrons. The summed E-state index contributed by atoms with van der Waals surface area (Å²) in [6, 6.07) is 3.32. The molecule has 0 unspecified atom stereocenters. The largest absolute Gasteiger partial charge is 0.409 e. The summed E-state index contributed by atoms with van der Waals surface area (Å²) >= 11 is 1.26. The highest BCUT2D eigenvalue weighted by Gasteiger charge is 2.09. The van der Waals surface area contributed by atoms with Gasteiger partial charge in [-0.05, 0) is 12.1 Å². The molecule has 0 saturated heterocycles. The van der Waals surface area contributed by atoms with Gasteiger partial charge in [0.05, 0.1) is 11.3 Å². The van der Waals surface area contributed by atoms with Crippen LogP contribution in [-0.2, 0) is 9.84 Å². The molecule has 1 aromatic heterocycles. The van der Waals surface area contributed by atoms with E-state index in [4.69, 9.17) is 10.9 Å². The number of hydrogen-bond donors (Lipinski definition) is 2. The van der Waals surface area contributed by atoms with Gasteiger partial charge in [0.2, 0.25) is 0 Å². The molecule has 0 amide bonds. The molecule has 8 heteroatoms. The van der Waals surface area contributed by atoms with Crippen LogP contribution in [0.25, 0.3) is 0 Å². The average Bonchev–Trinajstić information content (AvgIpc) is 2.27. The van der Waals surface area contributed by atoms with Crippen LogP contribution in [0.15, 0.2) is 28.5 Å². The summed E-state index contributed by atoms with van der Waals surface area (Å²) < 4.78 is 21.9. The van der Waals surface area contributed by atoms with Crippen molar-refractivity contribution >= 4 is 27.4 Å². The van der Waals surface area contributed by atoms with Gasteiger partial charge in [0.25, 0.3) is 0 Å². The van der Waals surface area contributed by atoms with Crippen molar-refractivity contribution in [3.63, 3.8) is 0 Å². The lowest BCUT2D eigenvalue weighted by Gasteiger charge is -2.05. The molecule has 0 aliphatic rings. The predicted molar refractivity (Wildman–Crippen MR) is 67.2 cm³/mol. The molecule has 0 aliphatic heterocycles. The molecule has 17 heavy (non-hydrogen) atoms. The molecule has 0 spiro atoms. The second-order valence-electron chi connectivity index (χ2n) is 3.32. The molecule has 94 valence electrons. The van der Waals surface area contributed by atoms with Crippen LogP contribution in [0.3, 0.4) is 0 Å². The zero-order valence-corrected chi connectivity index (χ0v) is 10.8. The zero-order valence-electron chi connectivity index (χ0n) is 9.20. The second-order valence-corrected chi connectivity index (χ2v) is 6.66.